The standard InChI is InChI=1S/C19H21BrN6O3S/c1-14(18-23-22-17-7-2-3-8-26(17)18)21-19(27)24-9-11-25(12-10-24)30(28,29)16-6-4-5-15(20)13-16/h2-8,13-14H,9-12H2,1H3,(H,21,27)/t14-/m0/s1. The number of nitrogens with zero attached hydrogens (tertiary/aromatic N) is 5. The van der Waals surface area contributed by atoms with Crippen molar-refractivity contribution in [1.82, 2.24) is 29.1 Å². The molecule has 1 aromatic carbocycles. The molecule has 30 heavy (non-hydrogen) atoms. The van der Waals surface area contributed by atoms with E-state index in [9.17, 15) is 13.2 Å². The summed E-state index contributed by atoms with van der Waals surface area (Å²) in [6.45, 7) is 2.95. The van der Waals surface area contributed by atoms with E-state index in [1.807, 2.05) is 35.7 Å². The van der Waals surface area contributed by atoms with Gasteiger partial charge in [-0.15, -0.1) is 10.2 Å². The van der Waals surface area contributed by atoms with E-state index in [0.29, 0.717) is 29.0 Å². The Kier molecular flexibility index (Phi) is 5.76. The predicted octanol–water partition coefficient (Wildman–Crippen LogP) is 2.27. The zero-order valence-electron chi connectivity index (χ0n) is 16.3. The fourth-order valence-corrected chi connectivity index (χ4v) is 5.42. The van der Waals surface area contributed by atoms with Crippen LogP contribution in [0.2, 0.25) is 0 Å². The van der Waals surface area contributed by atoms with Crippen LogP contribution >= 0.6 is 15.9 Å². The highest BCUT2D eigenvalue weighted by Crippen LogP contribution is 2.21. The zero-order valence-corrected chi connectivity index (χ0v) is 18.7. The number of benzene rings is 1. The Balaban J connectivity index is 1.38. The number of carbonyl (C=O) groups excluding carboxylic acids is 1. The Morgan fingerprint density at radius 2 is 1.87 bits per heavy atom. The molecule has 1 saturated heterocycles. The van der Waals surface area contributed by atoms with E-state index in [1.54, 1.807) is 29.2 Å². The number of nitrogens with one attached hydrogen (secondary N) is 1. The largest absolute Gasteiger partial charge is 0.328 e. The van der Waals surface area contributed by atoms with E-state index in [2.05, 4.69) is 31.4 Å². The molecular weight excluding hydrogens is 472 g/mol. The highest BCUT2D eigenvalue weighted by molar-refractivity contribution is 9.10. The molecule has 2 amide bonds. The molecule has 0 aliphatic carbocycles. The summed E-state index contributed by atoms with van der Waals surface area (Å²) in [4.78, 5) is 14.5. The molecule has 2 aromatic heterocycles. The third kappa shape index (κ3) is 4.05. The van der Waals surface area contributed by atoms with Crippen LogP contribution in [-0.4, -0.2) is 64.4 Å². The van der Waals surface area contributed by atoms with Gasteiger partial charge in [-0.1, -0.05) is 28.1 Å². The van der Waals surface area contributed by atoms with Crippen molar-refractivity contribution in [3.63, 3.8) is 0 Å². The van der Waals surface area contributed by atoms with Gasteiger partial charge in [0.15, 0.2) is 11.5 Å². The minimum absolute atomic E-state index is 0.238. The number of halogens is 1. The molecule has 4 rings (SSSR count). The smallest absolute Gasteiger partial charge is 0.318 e. The van der Waals surface area contributed by atoms with Crippen LogP contribution in [0.4, 0.5) is 4.79 Å². The molecule has 9 nitrogen and oxygen atoms in total. The van der Waals surface area contributed by atoms with Gasteiger partial charge in [-0.3, -0.25) is 4.40 Å². The molecule has 1 atom stereocenters. The minimum Gasteiger partial charge on any atom is -0.328 e. The van der Waals surface area contributed by atoms with Crippen molar-refractivity contribution in [3.8, 4) is 0 Å². The highest BCUT2D eigenvalue weighted by atomic mass is 79.9. The molecular formula is C19H21BrN6O3S. The Bertz CT molecular complexity index is 1170. The molecule has 1 fully saturated rings. The van der Waals surface area contributed by atoms with Crippen LogP contribution in [-0.2, 0) is 10.0 Å². The van der Waals surface area contributed by atoms with Crippen LogP contribution < -0.4 is 5.32 Å². The molecule has 1 N–H and O–H groups in total. The predicted molar refractivity (Wildman–Crippen MR) is 114 cm³/mol. The third-order valence-electron chi connectivity index (χ3n) is 5.03. The van der Waals surface area contributed by atoms with Crippen LogP contribution in [0.15, 0.2) is 58.0 Å². The first-order valence-corrected chi connectivity index (χ1v) is 11.7. The van der Waals surface area contributed by atoms with Crippen molar-refractivity contribution in [2.45, 2.75) is 17.9 Å². The molecule has 0 unspecified atom stereocenters. The van der Waals surface area contributed by atoms with Crippen molar-refractivity contribution in [3.05, 3.63) is 59.0 Å². The van der Waals surface area contributed by atoms with Crippen molar-refractivity contribution in [2.24, 2.45) is 0 Å². The number of pyridine rings is 1. The molecule has 0 saturated carbocycles. The normalized spacial score (nSPS) is 16.5. The number of carbonyl (C=O) groups is 1. The van der Waals surface area contributed by atoms with Crippen LogP contribution in [0.5, 0.6) is 0 Å². The number of fused-ring (bicyclic) bond motifs is 1. The molecule has 0 bridgehead atoms. The van der Waals surface area contributed by atoms with Crippen LogP contribution in [0.1, 0.15) is 18.8 Å². The second kappa shape index (κ2) is 8.32. The summed E-state index contributed by atoms with van der Waals surface area (Å²) in [6, 6.07) is 11.6. The van der Waals surface area contributed by atoms with Gasteiger partial charge < -0.3 is 10.2 Å². The Morgan fingerprint density at radius 1 is 1.10 bits per heavy atom. The van der Waals surface area contributed by atoms with Crippen LogP contribution in [0, 0.1) is 0 Å². The van der Waals surface area contributed by atoms with Gasteiger partial charge in [-0.25, -0.2) is 13.2 Å². The molecule has 158 valence electrons. The first-order valence-electron chi connectivity index (χ1n) is 9.47. The van der Waals surface area contributed by atoms with Gasteiger partial charge in [0, 0.05) is 36.8 Å². The number of amides is 2. The van der Waals surface area contributed by atoms with Crippen molar-refractivity contribution < 1.29 is 13.2 Å². The number of piperazine rings is 1. The SMILES string of the molecule is C[C@H](NC(=O)N1CCN(S(=O)(=O)c2cccc(Br)c2)CC1)c1nnc2ccccn12. The molecule has 0 radical (unpaired) electrons. The van der Waals surface area contributed by atoms with Crippen molar-refractivity contribution in [2.75, 3.05) is 26.2 Å². The van der Waals surface area contributed by atoms with Gasteiger partial charge in [-0.05, 0) is 37.3 Å². The zero-order chi connectivity index (χ0) is 21.3. The van der Waals surface area contributed by atoms with E-state index < -0.39 is 10.0 Å². The summed E-state index contributed by atoms with van der Waals surface area (Å²) < 4.78 is 29.6. The number of hydrogen-bond donors (Lipinski definition) is 1. The Labute approximate surface area is 182 Å². The topological polar surface area (TPSA) is 99.9 Å². The molecule has 0 spiro atoms. The van der Waals surface area contributed by atoms with Gasteiger partial charge in [0.1, 0.15) is 0 Å². The minimum atomic E-state index is -3.59. The number of rotatable bonds is 4. The summed E-state index contributed by atoms with van der Waals surface area (Å²) in [5, 5.41) is 11.2. The quantitative estimate of drug-likeness (QED) is 0.601. The average molecular weight is 493 g/mol. The van der Waals surface area contributed by atoms with Crippen molar-refractivity contribution in [1.29, 1.82) is 0 Å². The fourth-order valence-electron chi connectivity index (χ4n) is 3.40. The molecule has 1 aliphatic rings. The van der Waals surface area contributed by atoms with E-state index in [-0.39, 0.29) is 30.1 Å². The van der Waals surface area contributed by atoms with Crippen LogP contribution in [0.3, 0.4) is 0 Å². The lowest BCUT2D eigenvalue weighted by atomic mass is 10.3. The molecule has 11 heteroatoms. The summed E-state index contributed by atoms with van der Waals surface area (Å²) in [5.41, 5.74) is 0.708. The Hall–Kier alpha value is -2.50. The maximum absolute atomic E-state index is 12.8. The van der Waals surface area contributed by atoms with Crippen LogP contribution in [0.25, 0.3) is 5.65 Å². The van der Waals surface area contributed by atoms with E-state index in [1.165, 1.54) is 4.31 Å². The summed E-state index contributed by atoms with van der Waals surface area (Å²) in [7, 11) is -3.59. The lowest BCUT2D eigenvalue weighted by Crippen LogP contribution is -2.53. The van der Waals surface area contributed by atoms with Gasteiger partial charge in [0.2, 0.25) is 10.0 Å². The summed E-state index contributed by atoms with van der Waals surface area (Å²) in [6.07, 6.45) is 1.85. The first-order chi connectivity index (χ1) is 14.4. The summed E-state index contributed by atoms with van der Waals surface area (Å²) in [5.74, 6) is 0.634. The number of hydrogen-bond acceptors (Lipinski definition) is 5. The fraction of sp³-hybridized carbons (Fsp3) is 0.316. The van der Waals surface area contributed by atoms with Crippen molar-refractivity contribution >= 4 is 37.6 Å². The number of sulfonamides is 1. The second-order valence-electron chi connectivity index (χ2n) is 7.01. The van der Waals surface area contributed by atoms with Gasteiger partial charge in [-0.2, -0.15) is 4.31 Å². The van der Waals surface area contributed by atoms with Gasteiger partial charge >= 0.3 is 6.03 Å². The maximum atomic E-state index is 12.8. The molecule has 1 aliphatic heterocycles. The lowest BCUT2D eigenvalue weighted by Gasteiger charge is -2.34. The highest BCUT2D eigenvalue weighted by Gasteiger charge is 2.31. The van der Waals surface area contributed by atoms with E-state index in [4.69, 9.17) is 0 Å². The summed E-state index contributed by atoms with van der Waals surface area (Å²) >= 11 is 3.31. The molecule has 3 aromatic rings. The van der Waals surface area contributed by atoms with Gasteiger partial charge in [0.25, 0.3) is 0 Å². The molecule has 3 heterocycles. The Morgan fingerprint density at radius 3 is 2.60 bits per heavy atom. The lowest BCUT2D eigenvalue weighted by molar-refractivity contribution is 0.169. The van der Waals surface area contributed by atoms with E-state index in [0.717, 1.165) is 0 Å². The first kappa shape index (κ1) is 20.8. The monoisotopic (exact) mass is 492 g/mol. The average Bonchev–Trinajstić information content (AvgIpc) is 3.18. The maximum Gasteiger partial charge on any atom is 0.318 e. The third-order valence-corrected chi connectivity index (χ3v) is 7.41. The second-order valence-corrected chi connectivity index (χ2v) is 9.86. The van der Waals surface area contributed by atoms with Gasteiger partial charge in [0.05, 0.1) is 10.9 Å². The van der Waals surface area contributed by atoms with E-state index >= 15 is 0 Å². The number of aromatic nitrogens is 3. The number of urea groups is 1.